The van der Waals surface area contributed by atoms with E-state index in [0.717, 1.165) is 10.2 Å². The van der Waals surface area contributed by atoms with E-state index in [4.69, 9.17) is 5.73 Å². The summed E-state index contributed by atoms with van der Waals surface area (Å²) >= 11 is 1.35. The Balaban J connectivity index is 2.63. The average Bonchev–Trinajstić information content (AvgIpc) is 2.45. The van der Waals surface area contributed by atoms with E-state index in [-0.39, 0.29) is 0 Å². The maximum Gasteiger partial charge on any atom is 0.156 e. The van der Waals surface area contributed by atoms with Crippen LogP contribution in [0, 0.1) is 0 Å². The summed E-state index contributed by atoms with van der Waals surface area (Å²) in [6, 6.07) is 5.41. The van der Waals surface area contributed by atoms with Crippen molar-refractivity contribution in [3.63, 3.8) is 0 Å². The van der Waals surface area contributed by atoms with Gasteiger partial charge in [-0.15, -0.1) is 11.3 Å². The van der Waals surface area contributed by atoms with Gasteiger partial charge in [0.25, 0.3) is 0 Å². The van der Waals surface area contributed by atoms with Crippen molar-refractivity contribution in [2.45, 2.75) is 19.5 Å². The minimum absolute atomic E-state index is 0.498. The molecule has 0 amide bonds. The van der Waals surface area contributed by atoms with Gasteiger partial charge in [0.1, 0.15) is 5.01 Å². The van der Waals surface area contributed by atoms with Crippen LogP contribution in [-0.2, 0) is 5.67 Å². The van der Waals surface area contributed by atoms with Crippen LogP contribution in [0.2, 0.25) is 0 Å². The zero-order valence-electron chi connectivity index (χ0n) is 8.04. The fourth-order valence-electron chi connectivity index (χ4n) is 1.20. The third kappa shape index (κ3) is 1.57. The van der Waals surface area contributed by atoms with Gasteiger partial charge < -0.3 is 5.73 Å². The molecule has 14 heavy (non-hydrogen) atoms. The van der Waals surface area contributed by atoms with E-state index in [1.54, 1.807) is 6.07 Å². The van der Waals surface area contributed by atoms with Gasteiger partial charge in [-0.05, 0) is 32.0 Å². The quantitative estimate of drug-likeness (QED) is 0.734. The van der Waals surface area contributed by atoms with E-state index in [2.05, 4.69) is 4.98 Å². The number of hydrogen-bond acceptors (Lipinski definition) is 3. The molecule has 0 atom stereocenters. The average molecular weight is 210 g/mol. The molecule has 0 saturated heterocycles. The summed E-state index contributed by atoms with van der Waals surface area (Å²) in [5.41, 5.74) is 5.75. The maximum atomic E-state index is 13.6. The Morgan fingerprint density at radius 2 is 2.14 bits per heavy atom. The van der Waals surface area contributed by atoms with Gasteiger partial charge >= 0.3 is 0 Å². The second kappa shape index (κ2) is 2.92. The number of nitrogen functional groups attached to an aromatic ring is 1. The molecule has 4 heteroatoms. The van der Waals surface area contributed by atoms with Crippen molar-refractivity contribution in [1.29, 1.82) is 0 Å². The maximum absolute atomic E-state index is 13.6. The van der Waals surface area contributed by atoms with E-state index in [1.807, 2.05) is 12.1 Å². The van der Waals surface area contributed by atoms with E-state index in [9.17, 15) is 4.39 Å². The van der Waals surface area contributed by atoms with Crippen molar-refractivity contribution in [2.24, 2.45) is 0 Å². The number of halogens is 1. The first-order valence-corrected chi connectivity index (χ1v) is 5.14. The molecule has 2 aromatic rings. The molecule has 0 aliphatic rings. The molecule has 1 heterocycles. The van der Waals surface area contributed by atoms with Crippen LogP contribution in [0.5, 0.6) is 0 Å². The smallest absolute Gasteiger partial charge is 0.156 e. The zero-order chi connectivity index (χ0) is 10.3. The van der Waals surface area contributed by atoms with Crippen LogP contribution < -0.4 is 5.73 Å². The molecule has 0 spiro atoms. The standard InChI is InChI=1S/C10H11FN2S/c1-10(2,11)9-13-7-4-3-6(12)5-8(7)14-9/h3-5H,12H2,1-2H3. The van der Waals surface area contributed by atoms with Crippen molar-refractivity contribution in [3.8, 4) is 0 Å². The summed E-state index contributed by atoms with van der Waals surface area (Å²) in [5.74, 6) is 0. The lowest BCUT2D eigenvalue weighted by molar-refractivity contribution is 0.221. The molecule has 0 bridgehead atoms. The number of hydrogen-bond donors (Lipinski definition) is 1. The molecule has 0 saturated carbocycles. The molecule has 1 aromatic carbocycles. The highest BCUT2D eigenvalue weighted by molar-refractivity contribution is 7.18. The molecule has 0 unspecified atom stereocenters. The number of rotatable bonds is 1. The largest absolute Gasteiger partial charge is 0.399 e. The van der Waals surface area contributed by atoms with Crippen molar-refractivity contribution < 1.29 is 4.39 Å². The highest BCUT2D eigenvalue weighted by Gasteiger charge is 2.23. The van der Waals surface area contributed by atoms with Crippen LogP contribution in [0.3, 0.4) is 0 Å². The Bertz CT molecular complexity index is 470. The van der Waals surface area contributed by atoms with Crippen molar-refractivity contribution in [1.82, 2.24) is 4.98 Å². The predicted molar refractivity (Wildman–Crippen MR) is 58.2 cm³/mol. The minimum Gasteiger partial charge on any atom is -0.399 e. The van der Waals surface area contributed by atoms with Gasteiger partial charge in [-0.3, -0.25) is 0 Å². The van der Waals surface area contributed by atoms with E-state index >= 15 is 0 Å². The van der Waals surface area contributed by atoms with Gasteiger partial charge in [0.2, 0.25) is 0 Å². The van der Waals surface area contributed by atoms with Gasteiger partial charge in [-0.25, -0.2) is 9.37 Å². The first-order chi connectivity index (χ1) is 6.47. The van der Waals surface area contributed by atoms with Gasteiger partial charge in [0.15, 0.2) is 5.67 Å². The highest BCUT2D eigenvalue weighted by Crippen LogP contribution is 2.32. The summed E-state index contributed by atoms with van der Waals surface area (Å²) in [4.78, 5) is 4.21. The molecule has 2 rings (SSSR count). The highest BCUT2D eigenvalue weighted by atomic mass is 32.1. The van der Waals surface area contributed by atoms with Crippen molar-refractivity contribution in [3.05, 3.63) is 23.2 Å². The summed E-state index contributed by atoms with van der Waals surface area (Å²) < 4.78 is 14.5. The topological polar surface area (TPSA) is 38.9 Å². The first kappa shape index (κ1) is 9.40. The minimum atomic E-state index is -1.38. The molecule has 0 aliphatic heterocycles. The summed E-state index contributed by atoms with van der Waals surface area (Å²) in [6.07, 6.45) is 0. The molecular formula is C10H11FN2S. The van der Waals surface area contributed by atoms with Gasteiger partial charge in [-0.1, -0.05) is 0 Å². The summed E-state index contributed by atoms with van der Waals surface area (Å²) in [6.45, 7) is 3.02. The lowest BCUT2D eigenvalue weighted by Gasteiger charge is -2.08. The molecule has 0 aliphatic carbocycles. The number of alkyl halides is 1. The monoisotopic (exact) mass is 210 g/mol. The molecule has 2 N–H and O–H groups in total. The fraction of sp³-hybridized carbons (Fsp3) is 0.300. The normalized spacial score (nSPS) is 12.2. The van der Waals surface area contributed by atoms with Crippen LogP contribution in [0.4, 0.5) is 10.1 Å². The van der Waals surface area contributed by atoms with E-state index in [0.29, 0.717) is 10.7 Å². The van der Waals surface area contributed by atoms with Crippen LogP contribution in [0.25, 0.3) is 10.2 Å². The first-order valence-electron chi connectivity index (χ1n) is 4.32. The lowest BCUT2D eigenvalue weighted by Crippen LogP contribution is -2.07. The lowest BCUT2D eigenvalue weighted by atomic mass is 10.2. The zero-order valence-corrected chi connectivity index (χ0v) is 8.86. The van der Waals surface area contributed by atoms with Crippen LogP contribution in [0.1, 0.15) is 18.9 Å². The number of benzene rings is 1. The molecule has 74 valence electrons. The Labute approximate surface area is 85.6 Å². The van der Waals surface area contributed by atoms with Crippen LogP contribution in [0.15, 0.2) is 18.2 Å². The molecule has 1 aromatic heterocycles. The number of thiazole rings is 1. The fourth-order valence-corrected chi connectivity index (χ4v) is 2.20. The van der Waals surface area contributed by atoms with Gasteiger partial charge in [0.05, 0.1) is 10.2 Å². The van der Waals surface area contributed by atoms with E-state index in [1.165, 1.54) is 25.2 Å². The summed E-state index contributed by atoms with van der Waals surface area (Å²) in [5, 5.41) is 0.498. The molecule has 0 fully saturated rings. The van der Waals surface area contributed by atoms with Crippen molar-refractivity contribution >= 4 is 27.2 Å². The van der Waals surface area contributed by atoms with E-state index < -0.39 is 5.67 Å². The number of nitrogens with zero attached hydrogens (tertiary/aromatic N) is 1. The Hall–Kier alpha value is -1.16. The van der Waals surface area contributed by atoms with Crippen molar-refractivity contribution in [2.75, 3.05) is 5.73 Å². The molecule has 0 radical (unpaired) electrons. The molecule has 2 nitrogen and oxygen atoms in total. The number of aromatic nitrogens is 1. The second-order valence-corrected chi connectivity index (χ2v) is 4.75. The molecular weight excluding hydrogens is 199 g/mol. The Morgan fingerprint density at radius 1 is 1.43 bits per heavy atom. The summed E-state index contributed by atoms with van der Waals surface area (Å²) in [7, 11) is 0. The Morgan fingerprint density at radius 3 is 2.79 bits per heavy atom. The third-order valence-electron chi connectivity index (χ3n) is 1.92. The predicted octanol–water partition coefficient (Wildman–Crippen LogP) is 3.08. The van der Waals surface area contributed by atoms with Crippen LogP contribution >= 0.6 is 11.3 Å². The Kier molecular flexibility index (Phi) is 1.96. The number of fused-ring (bicyclic) bond motifs is 1. The number of nitrogens with two attached hydrogens (primary N) is 1. The van der Waals surface area contributed by atoms with Gasteiger partial charge in [-0.2, -0.15) is 0 Å². The second-order valence-electron chi connectivity index (χ2n) is 3.72. The SMILES string of the molecule is CC(C)(F)c1nc2ccc(N)cc2s1. The number of anilines is 1. The third-order valence-corrected chi connectivity index (χ3v) is 3.24. The van der Waals surface area contributed by atoms with Crippen LogP contribution in [-0.4, -0.2) is 4.98 Å². The van der Waals surface area contributed by atoms with Gasteiger partial charge in [0, 0.05) is 5.69 Å².